The molecule has 1 heterocycles. The van der Waals surface area contributed by atoms with Crippen molar-refractivity contribution in [2.24, 2.45) is 0 Å². The second-order valence-corrected chi connectivity index (χ2v) is 8.56. The van der Waals surface area contributed by atoms with E-state index in [1.54, 1.807) is 0 Å². The van der Waals surface area contributed by atoms with Gasteiger partial charge in [0.25, 0.3) is 0 Å². The van der Waals surface area contributed by atoms with E-state index in [1.807, 2.05) is 36.5 Å². The number of rotatable bonds is 5. The number of benzene rings is 3. The summed E-state index contributed by atoms with van der Waals surface area (Å²) >= 11 is 0. The third kappa shape index (κ3) is 3.97. The Bertz CT molecular complexity index is 1190. The fourth-order valence-corrected chi connectivity index (χ4v) is 3.73. The Labute approximate surface area is 177 Å². The first-order chi connectivity index (χ1) is 14.5. The number of carbonyl (C=O) groups excluding carboxylic acids is 1. The molecule has 0 unspecified atom stereocenters. The molecule has 0 aliphatic heterocycles. The molecule has 0 saturated carbocycles. The van der Waals surface area contributed by atoms with E-state index in [2.05, 4.69) is 73.5 Å². The molecule has 0 aliphatic rings. The number of carbonyl (C=O) groups is 1. The molecule has 0 aliphatic carbocycles. The van der Waals surface area contributed by atoms with Crippen LogP contribution in [0, 0.1) is 0 Å². The lowest BCUT2D eigenvalue weighted by Gasteiger charge is -2.19. The highest BCUT2D eigenvalue weighted by atomic mass is 16.1. The van der Waals surface area contributed by atoms with Gasteiger partial charge in [-0.3, -0.25) is 9.78 Å². The molecule has 3 aromatic carbocycles. The number of anilines is 1. The third-order valence-corrected chi connectivity index (χ3v) is 5.47. The van der Waals surface area contributed by atoms with Gasteiger partial charge in [-0.2, -0.15) is 0 Å². The van der Waals surface area contributed by atoms with E-state index in [1.165, 1.54) is 16.7 Å². The summed E-state index contributed by atoms with van der Waals surface area (Å²) in [6.45, 7) is 7.28. The molecule has 30 heavy (non-hydrogen) atoms. The van der Waals surface area contributed by atoms with Crippen molar-refractivity contribution in [1.82, 2.24) is 4.98 Å². The summed E-state index contributed by atoms with van der Waals surface area (Å²) in [4.78, 5) is 16.0. The van der Waals surface area contributed by atoms with E-state index in [-0.39, 0.29) is 5.41 Å². The number of para-hydroxylation sites is 1. The highest BCUT2D eigenvalue weighted by Crippen LogP contribution is 2.32. The van der Waals surface area contributed by atoms with E-state index in [0.29, 0.717) is 12.1 Å². The van der Waals surface area contributed by atoms with Crippen molar-refractivity contribution in [3.05, 3.63) is 95.7 Å². The monoisotopic (exact) mass is 394 g/mol. The highest BCUT2D eigenvalue weighted by Gasteiger charge is 2.14. The fourth-order valence-electron chi connectivity index (χ4n) is 3.73. The zero-order valence-corrected chi connectivity index (χ0v) is 17.6. The largest absolute Gasteiger partial charge is 0.380 e. The van der Waals surface area contributed by atoms with Gasteiger partial charge in [-0.25, -0.2) is 0 Å². The quantitative estimate of drug-likeness (QED) is 0.387. The minimum Gasteiger partial charge on any atom is -0.380 e. The minimum atomic E-state index is 0.134. The molecule has 3 nitrogen and oxygen atoms in total. The first-order valence-corrected chi connectivity index (χ1v) is 10.2. The van der Waals surface area contributed by atoms with E-state index in [9.17, 15) is 4.79 Å². The van der Waals surface area contributed by atoms with Gasteiger partial charge in [0, 0.05) is 29.4 Å². The molecule has 1 aromatic heterocycles. The molecule has 4 aromatic rings. The Morgan fingerprint density at radius 3 is 2.40 bits per heavy atom. The van der Waals surface area contributed by atoms with Crippen LogP contribution in [0.25, 0.3) is 22.0 Å². The Morgan fingerprint density at radius 1 is 0.900 bits per heavy atom. The van der Waals surface area contributed by atoms with Crippen LogP contribution < -0.4 is 5.32 Å². The number of aromatic nitrogens is 1. The average molecular weight is 395 g/mol. The fraction of sp³-hybridized carbons (Fsp3) is 0.185. The van der Waals surface area contributed by atoms with Crippen LogP contribution >= 0.6 is 0 Å². The summed E-state index contributed by atoms with van der Waals surface area (Å²) in [5, 5.41) is 4.51. The Kier molecular flexibility index (Phi) is 5.37. The Hall–Kier alpha value is -3.46. The highest BCUT2D eigenvalue weighted by molar-refractivity contribution is 5.96. The smallest absolute Gasteiger partial charge is 0.152 e. The van der Waals surface area contributed by atoms with E-state index >= 15 is 0 Å². The second kappa shape index (κ2) is 8.11. The lowest BCUT2D eigenvalue weighted by molar-refractivity contribution is 0.112. The van der Waals surface area contributed by atoms with Crippen LogP contribution in [0.15, 0.2) is 79.0 Å². The van der Waals surface area contributed by atoms with Gasteiger partial charge in [-0.15, -0.1) is 0 Å². The molecule has 0 fully saturated rings. The van der Waals surface area contributed by atoms with Crippen LogP contribution in [-0.4, -0.2) is 11.3 Å². The van der Waals surface area contributed by atoms with Crippen LogP contribution in [-0.2, 0) is 12.0 Å². The van der Waals surface area contributed by atoms with Crippen LogP contribution in [0.4, 0.5) is 5.69 Å². The predicted octanol–water partition coefficient (Wildman–Crippen LogP) is 6.62. The molecule has 0 radical (unpaired) electrons. The summed E-state index contributed by atoms with van der Waals surface area (Å²) < 4.78 is 0. The van der Waals surface area contributed by atoms with Crippen molar-refractivity contribution in [2.75, 3.05) is 5.32 Å². The first-order valence-electron chi connectivity index (χ1n) is 10.2. The van der Waals surface area contributed by atoms with Gasteiger partial charge in [0.15, 0.2) is 6.29 Å². The SMILES string of the molecule is CC(C)(C)c1ccc(-c2ccc(CNc3ccccc3C=O)c3ncccc23)cc1. The van der Waals surface area contributed by atoms with Crippen LogP contribution in [0.3, 0.4) is 0 Å². The van der Waals surface area contributed by atoms with E-state index < -0.39 is 0 Å². The van der Waals surface area contributed by atoms with Gasteiger partial charge >= 0.3 is 0 Å². The maximum atomic E-state index is 11.3. The van der Waals surface area contributed by atoms with Gasteiger partial charge < -0.3 is 5.32 Å². The van der Waals surface area contributed by atoms with E-state index in [4.69, 9.17) is 0 Å². The number of fused-ring (bicyclic) bond motifs is 1. The van der Waals surface area contributed by atoms with Gasteiger partial charge in [-0.1, -0.05) is 75.4 Å². The van der Waals surface area contributed by atoms with Crippen LogP contribution in [0.5, 0.6) is 0 Å². The Morgan fingerprint density at radius 2 is 1.67 bits per heavy atom. The first kappa shape index (κ1) is 19.8. The number of nitrogens with zero attached hydrogens (tertiary/aromatic N) is 1. The Balaban J connectivity index is 1.69. The lowest BCUT2D eigenvalue weighted by atomic mass is 9.86. The lowest BCUT2D eigenvalue weighted by Crippen LogP contribution is -2.10. The zero-order valence-electron chi connectivity index (χ0n) is 17.6. The zero-order chi connectivity index (χ0) is 21.1. The second-order valence-electron chi connectivity index (χ2n) is 8.56. The van der Waals surface area contributed by atoms with Crippen molar-refractivity contribution in [3.8, 4) is 11.1 Å². The van der Waals surface area contributed by atoms with Crippen LogP contribution in [0.2, 0.25) is 0 Å². The number of hydrogen-bond donors (Lipinski definition) is 1. The molecule has 0 saturated heterocycles. The maximum absolute atomic E-state index is 11.3. The molecular weight excluding hydrogens is 368 g/mol. The molecule has 150 valence electrons. The molecule has 0 bridgehead atoms. The van der Waals surface area contributed by atoms with E-state index in [0.717, 1.165) is 28.4 Å². The molecule has 1 N–H and O–H groups in total. The van der Waals surface area contributed by atoms with Gasteiger partial charge in [0.1, 0.15) is 0 Å². The number of pyridine rings is 1. The molecule has 0 atom stereocenters. The number of aldehydes is 1. The molecule has 3 heteroatoms. The van der Waals surface area contributed by atoms with Gasteiger partial charge in [-0.05, 0) is 45.9 Å². The number of nitrogens with one attached hydrogen (secondary N) is 1. The van der Waals surface area contributed by atoms with Crippen molar-refractivity contribution in [3.63, 3.8) is 0 Å². The molecule has 0 amide bonds. The van der Waals surface area contributed by atoms with Crippen molar-refractivity contribution in [2.45, 2.75) is 32.7 Å². The summed E-state index contributed by atoms with van der Waals surface area (Å²) in [5.41, 5.74) is 7.39. The topological polar surface area (TPSA) is 42.0 Å². The average Bonchev–Trinajstić information content (AvgIpc) is 2.77. The summed E-state index contributed by atoms with van der Waals surface area (Å²) in [5.74, 6) is 0. The molecule has 0 spiro atoms. The van der Waals surface area contributed by atoms with Crippen LogP contribution in [0.1, 0.15) is 42.3 Å². The summed E-state index contributed by atoms with van der Waals surface area (Å²) in [7, 11) is 0. The standard InChI is InChI=1S/C27H26N2O/c1-27(2,3)22-13-10-19(11-14-22)23-15-12-20(26-24(23)8-6-16-28-26)17-29-25-9-5-4-7-21(25)18-30/h4-16,18,29H,17H2,1-3H3. The predicted molar refractivity (Wildman–Crippen MR) is 125 cm³/mol. The third-order valence-electron chi connectivity index (χ3n) is 5.47. The summed E-state index contributed by atoms with van der Waals surface area (Å²) in [6, 6.07) is 24.7. The molecular formula is C27H26N2O. The van der Waals surface area contributed by atoms with Gasteiger partial charge in [0.2, 0.25) is 0 Å². The van der Waals surface area contributed by atoms with Gasteiger partial charge in [0.05, 0.1) is 5.52 Å². The van der Waals surface area contributed by atoms with Crippen molar-refractivity contribution >= 4 is 22.9 Å². The van der Waals surface area contributed by atoms with Crippen molar-refractivity contribution < 1.29 is 4.79 Å². The minimum absolute atomic E-state index is 0.134. The number of hydrogen-bond acceptors (Lipinski definition) is 3. The maximum Gasteiger partial charge on any atom is 0.152 e. The normalized spacial score (nSPS) is 11.4. The molecule has 4 rings (SSSR count). The van der Waals surface area contributed by atoms with Crippen molar-refractivity contribution in [1.29, 1.82) is 0 Å². The summed E-state index contributed by atoms with van der Waals surface area (Å²) in [6.07, 6.45) is 2.71.